The number of carbonyl (C=O) groups is 1. The topological polar surface area (TPSA) is 38.7 Å². The molecule has 108 valence electrons. The van der Waals surface area contributed by atoms with Crippen LogP contribution in [-0.2, 0) is 4.74 Å². The lowest BCUT2D eigenvalue weighted by Gasteiger charge is -2.11. The van der Waals surface area contributed by atoms with E-state index >= 15 is 0 Å². The molecule has 21 heavy (non-hydrogen) atoms. The Hall–Kier alpha value is -2.42. The maximum atomic E-state index is 12.1. The average Bonchev–Trinajstić information content (AvgIpc) is 2.52. The molecule has 0 spiro atoms. The monoisotopic (exact) mass is 281 g/mol. The Bertz CT molecular complexity index is 618. The summed E-state index contributed by atoms with van der Waals surface area (Å²) in [5.74, 6) is -0.0226. The van der Waals surface area contributed by atoms with E-state index in [-0.39, 0.29) is 18.5 Å². The highest BCUT2D eigenvalue weighted by atomic mass is 16.5. The van der Waals surface area contributed by atoms with Gasteiger partial charge in [0.25, 0.3) is 0 Å². The number of ether oxygens (including phenoxy) is 1. The van der Waals surface area contributed by atoms with E-state index in [9.17, 15) is 4.79 Å². The standard InChI is InChI=1S/C18H19NO2/c1-14(2)16-10-6-7-11-17(16)18(20)21-13-12-19-15-8-4-3-5-9-15/h3-12,14H,13H2,1-2H3. The highest BCUT2D eigenvalue weighted by Crippen LogP contribution is 2.19. The van der Waals surface area contributed by atoms with Gasteiger partial charge in [0.2, 0.25) is 0 Å². The highest BCUT2D eigenvalue weighted by molar-refractivity contribution is 5.92. The maximum absolute atomic E-state index is 12.1. The fraction of sp³-hybridized carbons (Fsp3) is 0.222. The number of esters is 1. The van der Waals surface area contributed by atoms with E-state index in [2.05, 4.69) is 18.8 Å². The van der Waals surface area contributed by atoms with Crippen molar-refractivity contribution in [3.8, 4) is 0 Å². The Balaban J connectivity index is 1.95. The number of hydrogen-bond donors (Lipinski definition) is 0. The van der Waals surface area contributed by atoms with Gasteiger partial charge in [0.05, 0.1) is 11.3 Å². The molecular weight excluding hydrogens is 262 g/mol. The van der Waals surface area contributed by atoms with Gasteiger partial charge in [-0.15, -0.1) is 0 Å². The zero-order valence-electron chi connectivity index (χ0n) is 12.3. The zero-order valence-corrected chi connectivity index (χ0v) is 12.3. The molecule has 0 unspecified atom stereocenters. The number of para-hydroxylation sites is 1. The van der Waals surface area contributed by atoms with E-state index in [1.54, 1.807) is 12.3 Å². The SMILES string of the molecule is CC(C)c1ccccc1C(=O)OCC=Nc1ccccc1. The van der Waals surface area contributed by atoms with E-state index in [0.717, 1.165) is 11.3 Å². The summed E-state index contributed by atoms with van der Waals surface area (Å²) in [5.41, 5.74) is 2.47. The lowest BCUT2D eigenvalue weighted by atomic mass is 9.97. The Labute approximate surface area is 125 Å². The fourth-order valence-corrected chi connectivity index (χ4v) is 2.03. The minimum absolute atomic E-state index is 0.167. The predicted octanol–water partition coefficient (Wildman–Crippen LogP) is 4.37. The molecule has 0 heterocycles. The molecule has 3 heteroatoms. The summed E-state index contributed by atoms with van der Waals surface area (Å²) < 4.78 is 5.25. The first-order valence-electron chi connectivity index (χ1n) is 7.02. The zero-order chi connectivity index (χ0) is 15.1. The highest BCUT2D eigenvalue weighted by Gasteiger charge is 2.13. The molecule has 0 fully saturated rings. The predicted molar refractivity (Wildman–Crippen MR) is 85.4 cm³/mol. The molecule has 0 atom stereocenters. The van der Waals surface area contributed by atoms with Gasteiger partial charge in [-0.1, -0.05) is 50.2 Å². The van der Waals surface area contributed by atoms with Gasteiger partial charge in [-0.05, 0) is 29.7 Å². The summed E-state index contributed by atoms with van der Waals surface area (Å²) in [7, 11) is 0. The smallest absolute Gasteiger partial charge is 0.338 e. The summed E-state index contributed by atoms with van der Waals surface area (Å²) >= 11 is 0. The molecule has 0 radical (unpaired) electrons. The van der Waals surface area contributed by atoms with E-state index in [1.807, 2.05) is 48.5 Å². The molecular formula is C18H19NO2. The molecule has 2 rings (SSSR count). The van der Waals surface area contributed by atoms with Gasteiger partial charge in [0, 0.05) is 6.21 Å². The number of nitrogens with zero attached hydrogens (tertiary/aromatic N) is 1. The van der Waals surface area contributed by atoms with Gasteiger partial charge in [-0.25, -0.2) is 4.79 Å². The van der Waals surface area contributed by atoms with E-state index in [4.69, 9.17) is 4.74 Å². The summed E-state index contributed by atoms with van der Waals surface area (Å²) in [4.78, 5) is 16.3. The Morgan fingerprint density at radius 3 is 2.48 bits per heavy atom. The van der Waals surface area contributed by atoms with Crippen LogP contribution in [0, 0.1) is 0 Å². The molecule has 0 aromatic heterocycles. The minimum atomic E-state index is -0.307. The summed E-state index contributed by atoms with van der Waals surface area (Å²) in [5, 5.41) is 0. The number of carbonyl (C=O) groups excluding carboxylic acids is 1. The minimum Gasteiger partial charge on any atom is -0.456 e. The van der Waals surface area contributed by atoms with E-state index in [1.165, 1.54) is 0 Å². The van der Waals surface area contributed by atoms with Gasteiger partial charge < -0.3 is 4.74 Å². The number of aliphatic imine (C=N–C) groups is 1. The summed E-state index contributed by atoms with van der Waals surface area (Å²) in [6, 6.07) is 17.1. The van der Waals surface area contributed by atoms with Crippen molar-refractivity contribution in [3.63, 3.8) is 0 Å². The molecule has 2 aromatic carbocycles. The molecule has 0 saturated carbocycles. The van der Waals surface area contributed by atoms with Gasteiger partial charge >= 0.3 is 5.97 Å². The first-order chi connectivity index (χ1) is 10.2. The van der Waals surface area contributed by atoms with Crippen LogP contribution in [0.5, 0.6) is 0 Å². The number of rotatable bonds is 5. The van der Waals surface area contributed by atoms with Crippen LogP contribution in [0.2, 0.25) is 0 Å². The normalized spacial score (nSPS) is 11.0. The van der Waals surface area contributed by atoms with Gasteiger partial charge in [-0.2, -0.15) is 0 Å². The maximum Gasteiger partial charge on any atom is 0.338 e. The molecule has 2 aromatic rings. The lowest BCUT2D eigenvalue weighted by molar-refractivity contribution is 0.0565. The van der Waals surface area contributed by atoms with Crippen molar-refractivity contribution in [3.05, 3.63) is 65.7 Å². The second-order valence-corrected chi connectivity index (χ2v) is 4.99. The Morgan fingerprint density at radius 1 is 1.10 bits per heavy atom. The molecule has 0 aliphatic heterocycles. The summed E-state index contributed by atoms with van der Waals surface area (Å²) in [6.45, 7) is 4.28. The first kappa shape index (κ1) is 15.0. The second-order valence-electron chi connectivity index (χ2n) is 4.99. The Morgan fingerprint density at radius 2 is 1.76 bits per heavy atom. The second kappa shape index (κ2) is 7.39. The van der Waals surface area contributed by atoms with Crippen molar-refractivity contribution in [1.82, 2.24) is 0 Å². The van der Waals surface area contributed by atoms with Gasteiger partial charge in [0.15, 0.2) is 0 Å². The molecule has 0 aliphatic rings. The third kappa shape index (κ3) is 4.28. The third-order valence-corrected chi connectivity index (χ3v) is 3.09. The van der Waals surface area contributed by atoms with Crippen molar-refractivity contribution in [2.45, 2.75) is 19.8 Å². The van der Waals surface area contributed by atoms with Crippen LogP contribution in [0.4, 0.5) is 5.69 Å². The van der Waals surface area contributed by atoms with Gasteiger partial charge in [0.1, 0.15) is 6.61 Å². The fourth-order valence-electron chi connectivity index (χ4n) is 2.03. The molecule has 0 bridgehead atoms. The number of hydrogen-bond acceptors (Lipinski definition) is 3. The van der Waals surface area contributed by atoms with E-state index in [0.29, 0.717) is 5.56 Å². The summed E-state index contributed by atoms with van der Waals surface area (Å²) in [6.07, 6.45) is 1.60. The molecule has 3 nitrogen and oxygen atoms in total. The van der Waals surface area contributed by atoms with Crippen LogP contribution in [0.25, 0.3) is 0 Å². The van der Waals surface area contributed by atoms with Crippen LogP contribution in [0.1, 0.15) is 35.7 Å². The van der Waals surface area contributed by atoms with Crippen LogP contribution in [0.3, 0.4) is 0 Å². The third-order valence-electron chi connectivity index (χ3n) is 3.09. The lowest BCUT2D eigenvalue weighted by Crippen LogP contribution is -2.10. The molecule has 0 saturated heterocycles. The van der Waals surface area contributed by atoms with Crippen molar-refractivity contribution >= 4 is 17.9 Å². The average molecular weight is 281 g/mol. The van der Waals surface area contributed by atoms with Crippen molar-refractivity contribution in [2.75, 3.05) is 6.61 Å². The van der Waals surface area contributed by atoms with Crippen LogP contribution in [0.15, 0.2) is 59.6 Å². The van der Waals surface area contributed by atoms with Gasteiger partial charge in [-0.3, -0.25) is 4.99 Å². The molecule has 0 amide bonds. The van der Waals surface area contributed by atoms with Crippen LogP contribution >= 0.6 is 0 Å². The molecule has 0 N–H and O–H groups in total. The van der Waals surface area contributed by atoms with Crippen molar-refractivity contribution in [1.29, 1.82) is 0 Å². The number of benzene rings is 2. The molecule has 0 aliphatic carbocycles. The van der Waals surface area contributed by atoms with Crippen LogP contribution < -0.4 is 0 Å². The van der Waals surface area contributed by atoms with Crippen LogP contribution in [-0.4, -0.2) is 18.8 Å². The van der Waals surface area contributed by atoms with Crippen molar-refractivity contribution < 1.29 is 9.53 Å². The van der Waals surface area contributed by atoms with Crippen molar-refractivity contribution in [2.24, 2.45) is 4.99 Å². The largest absolute Gasteiger partial charge is 0.456 e. The quantitative estimate of drug-likeness (QED) is 0.603. The first-order valence-corrected chi connectivity index (χ1v) is 7.02. The Kier molecular flexibility index (Phi) is 5.27. The van der Waals surface area contributed by atoms with E-state index < -0.39 is 0 Å².